The number of rotatable bonds is 4. The maximum atomic E-state index is 4.62. The minimum atomic E-state index is 0.568. The summed E-state index contributed by atoms with van der Waals surface area (Å²) in [5, 5.41) is 4.62. The summed E-state index contributed by atoms with van der Waals surface area (Å²) in [6.07, 6.45) is 5.75. The molecule has 2 aromatic heterocycles. The Hall–Kier alpha value is -1.68. The lowest BCUT2D eigenvalue weighted by atomic mass is 10.0. The Morgan fingerprint density at radius 2 is 2.14 bits per heavy atom. The van der Waals surface area contributed by atoms with E-state index in [1.54, 1.807) is 0 Å². The molecule has 0 bridgehead atoms. The first-order valence-electron chi connectivity index (χ1n) is 7.87. The molecule has 0 aliphatic carbocycles. The first kappa shape index (κ1) is 14.3. The van der Waals surface area contributed by atoms with Crippen LogP contribution in [-0.2, 0) is 13.1 Å². The van der Waals surface area contributed by atoms with Crippen LogP contribution in [-0.4, -0.2) is 32.3 Å². The summed E-state index contributed by atoms with van der Waals surface area (Å²) in [6, 6.07) is 8.90. The summed E-state index contributed by atoms with van der Waals surface area (Å²) in [4.78, 5) is 7.04. The highest BCUT2D eigenvalue weighted by atomic mass is 15.3. The van der Waals surface area contributed by atoms with Crippen molar-refractivity contribution in [2.24, 2.45) is 0 Å². The van der Waals surface area contributed by atoms with Crippen LogP contribution in [0.15, 0.2) is 30.5 Å². The molecular formula is C17H24N4. The van der Waals surface area contributed by atoms with Crippen LogP contribution in [0, 0.1) is 13.8 Å². The van der Waals surface area contributed by atoms with Crippen LogP contribution >= 0.6 is 0 Å². The molecule has 0 radical (unpaired) electrons. The van der Waals surface area contributed by atoms with Crippen molar-refractivity contribution in [3.05, 3.63) is 47.5 Å². The van der Waals surface area contributed by atoms with Crippen molar-refractivity contribution in [2.45, 2.75) is 52.2 Å². The molecule has 3 heterocycles. The monoisotopic (exact) mass is 284 g/mol. The summed E-state index contributed by atoms with van der Waals surface area (Å²) in [6.45, 7) is 7.32. The Labute approximate surface area is 126 Å². The van der Waals surface area contributed by atoms with Gasteiger partial charge in [0.15, 0.2) is 0 Å². The van der Waals surface area contributed by atoms with Crippen LogP contribution in [0.1, 0.15) is 36.3 Å². The topological polar surface area (TPSA) is 34.0 Å². The van der Waals surface area contributed by atoms with E-state index in [0.29, 0.717) is 6.04 Å². The average molecular weight is 284 g/mol. The van der Waals surface area contributed by atoms with E-state index in [-0.39, 0.29) is 0 Å². The van der Waals surface area contributed by atoms with Gasteiger partial charge in [-0.15, -0.1) is 0 Å². The van der Waals surface area contributed by atoms with Gasteiger partial charge in [0.05, 0.1) is 17.9 Å². The van der Waals surface area contributed by atoms with E-state index < -0.39 is 0 Å². The van der Waals surface area contributed by atoms with Gasteiger partial charge < -0.3 is 0 Å². The Morgan fingerprint density at radius 1 is 1.24 bits per heavy atom. The van der Waals surface area contributed by atoms with Crippen LogP contribution in [0.2, 0.25) is 0 Å². The second kappa shape index (κ2) is 6.39. The normalized spacial score (nSPS) is 19.8. The molecule has 0 aromatic carbocycles. The molecule has 4 nitrogen and oxygen atoms in total. The second-order valence-electron chi connectivity index (χ2n) is 6.05. The largest absolute Gasteiger partial charge is 0.293 e. The van der Waals surface area contributed by atoms with E-state index in [1.165, 1.54) is 31.5 Å². The van der Waals surface area contributed by atoms with Gasteiger partial charge in [-0.1, -0.05) is 12.5 Å². The fraction of sp³-hybridized carbons (Fsp3) is 0.529. The fourth-order valence-electron chi connectivity index (χ4n) is 3.23. The lowest BCUT2D eigenvalue weighted by Gasteiger charge is -2.35. The molecule has 3 rings (SSSR count). The molecule has 21 heavy (non-hydrogen) atoms. The number of hydrogen-bond acceptors (Lipinski definition) is 3. The van der Waals surface area contributed by atoms with Gasteiger partial charge >= 0.3 is 0 Å². The van der Waals surface area contributed by atoms with Gasteiger partial charge in [-0.2, -0.15) is 5.10 Å². The summed E-state index contributed by atoms with van der Waals surface area (Å²) >= 11 is 0. The quantitative estimate of drug-likeness (QED) is 0.865. The molecule has 0 unspecified atom stereocenters. The molecule has 1 saturated heterocycles. The van der Waals surface area contributed by atoms with Gasteiger partial charge in [0, 0.05) is 24.5 Å². The van der Waals surface area contributed by atoms with Gasteiger partial charge in [0.2, 0.25) is 0 Å². The third-order valence-corrected chi connectivity index (χ3v) is 4.33. The number of aryl methyl sites for hydroxylation is 2. The van der Waals surface area contributed by atoms with E-state index in [4.69, 9.17) is 0 Å². The molecule has 1 atom stereocenters. The van der Waals surface area contributed by atoms with Crippen molar-refractivity contribution in [1.82, 2.24) is 19.7 Å². The van der Waals surface area contributed by atoms with Crippen LogP contribution in [0.25, 0.3) is 0 Å². The smallest absolute Gasteiger partial charge is 0.0596 e. The van der Waals surface area contributed by atoms with Crippen LogP contribution in [0.5, 0.6) is 0 Å². The highest BCUT2D eigenvalue weighted by Crippen LogP contribution is 2.21. The van der Waals surface area contributed by atoms with E-state index in [2.05, 4.69) is 51.7 Å². The van der Waals surface area contributed by atoms with E-state index in [1.807, 2.05) is 12.3 Å². The average Bonchev–Trinajstić information content (AvgIpc) is 2.80. The molecule has 0 saturated carbocycles. The molecule has 4 heteroatoms. The summed E-state index contributed by atoms with van der Waals surface area (Å²) in [5.41, 5.74) is 3.54. The standard InChI is InChI=1S/C17H24N4/c1-14-11-15(2)21(19-14)13-17-8-4-6-10-20(17)12-16-7-3-5-9-18-16/h3,5,7,9,11,17H,4,6,8,10,12-13H2,1-2H3/t17-/m0/s1. The Bertz CT molecular complexity index is 576. The second-order valence-corrected chi connectivity index (χ2v) is 6.05. The van der Waals surface area contributed by atoms with Crippen molar-refractivity contribution in [3.63, 3.8) is 0 Å². The Morgan fingerprint density at radius 3 is 2.86 bits per heavy atom. The SMILES string of the molecule is Cc1cc(C)n(C[C@@H]2CCCCN2Cc2ccccn2)n1. The Balaban J connectivity index is 1.71. The highest BCUT2D eigenvalue weighted by Gasteiger charge is 2.23. The summed E-state index contributed by atoms with van der Waals surface area (Å²) < 4.78 is 2.16. The zero-order valence-corrected chi connectivity index (χ0v) is 13.0. The molecule has 2 aromatic rings. The van der Waals surface area contributed by atoms with Gasteiger partial charge in [0.25, 0.3) is 0 Å². The molecule has 1 aliphatic heterocycles. The van der Waals surface area contributed by atoms with Gasteiger partial charge in [-0.3, -0.25) is 14.6 Å². The van der Waals surface area contributed by atoms with Crippen LogP contribution in [0.3, 0.4) is 0 Å². The lowest BCUT2D eigenvalue weighted by Crippen LogP contribution is -2.42. The van der Waals surface area contributed by atoms with Crippen molar-refractivity contribution in [1.29, 1.82) is 0 Å². The van der Waals surface area contributed by atoms with E-state index in [0.717, 1.165) is 24.5 Å². The Kier molecular flexibility index (Phi) is 4.34. The number of likely N-dealkylation sites (tertiary alicyclic amines) is 1. The number of piperidine rings is 1. The molecule has 0 amide bonds. The summed E-state index contributed by atoms with van der Waals surface area (Å²) in [7, 11) is 0. The van der Waals surface area contributed by atoms with Crippen LogP contribution < -0.4 is 0 Å². The molecule has 1 fully saturated rings. The maximum absolute atomic E-state index is 4.62. The van der Waals surface area contributed by atoms with Crippen LogP contribution in [0.4, 0.5) is 0 Å². The number of aromatic nitrogens is 3. The third-order valence-electron chi connectivity index (χ3n) is 4.33. The molecule has 112 valence electrons. The van der Waals surface area contributed by atoms with Crippen molar-refractivity contribution in [3.8, 4) is 0 Å². The molecule has 0 spiro atoms. The minimum absolute atomic E-state index is 0.568. The van der Waals surface area contributed by atoms with E-state index in [9.17, 15) is 0 Å². The lowest BCUT2D eigenvalue weighted by molar-refractivity contribution is 0.120. The fourth-order valence-corrected chi connectivity index (χ4v) is 3.23. The van der Waals surface area contributed by atoms with Gasteiger partial charge in [0.1, 0.15) is 0 Å². The minimum Gasteiger partial charge on any atom is -0.293 e. The molecular weight excluding hydrogens is 260 g/mol. The number of nitrogens with zero attached hydrogens (tertiary/aromatic N) is 4. The first-order valence-corrected chi connectivity index (χ1v) is 7.87. The third kappa shape index (κ3) is 3.50. The van der Waals surface area contributed by atoms with Gasteiger partial charge in [-0.25, -0.2) is 0 Å². The molecule has 1 aliphatic rings. The zero-order chi connectivity index (χ0) is 14.7. The number of hydrogen-bond donors (Lipinski definition) is 0. The summed E-state index contributed by atoms with van der Waals surface area (Å²) in [5.74, 6) is 0. The van der Waals surface area contributed by atoms with Gasteiger partial charge in [-0.05, 0) is 51.4 Å². The van der Waals surface area contributed by atoms with Crippen molar-refractivity contribution in [2.75, 3.05) is 6.54 Å². The first-order chi connectivity index (χ1) is 10.2. The maximum Gasteiger partial charge on any atom is 0.0596 e. The van der Waals surface area contributed by atoms with Crippen molar-refractivity contribution < 1.29 is 0 Å². The van der Waals surface area contributed by atoms with Crippen molar-refractivity contribution >= 4 is 0 Å². The number of pyridine rings is 1. The predicted molar refractivity (Wildman–Crippen MR) is 84.0 cm³/mol. The predicted octanol–water partition coefficient (Wildman–Crippen LogP) is 2.95. The molecule has 0 N–H and O–H groups in total. The highest BCUT2D eigenvalue weighted by molar-refractivity contribution is 5.07. The van der Waals surface area contributed by atoms with E-state index >= 15 is 0 Å². The zero-order valence-electron chi connectivity index (χ0n) is 13.0.